The fourth-order valence-corrected chi connectivity index (χ4v) is 3.50. The van der Waals surface area contributed by atoms with E-state index in [0.29, 0.717) is 5.56 Å². The summed E-state index contributed by atoms with van der Waals surface area (Å²) in [6.45, 7) is -0.842. The minimum Gasteiger partial charge on any atom is -0.480 e. The van der Waals surface area contributed by atoms with Crippen LogP contribution in [0.5, 0.6) is 0 Å². The van der Waals surface area contributed by atoms with E-state index in [1.54, 1.807) is 18.3 Å². The number of carboxylic acids is 1. The Balaban J connectivity index is 2.03. The highest BCUT2D eigenvalue weighted by Gasteiger charge is 2.30. The van der Waals surface area contributed by atoms with Crippen LogP contribution >= 0.6 is 12.6 Å². The molecule has 0 aliphatic rings. The Hall–Kier alpha value is -3.62. The molecule has 4 unspecified atom stereocenters. The Kier molecular flexibility index (Phi) is 10.1. The third kappa shape index (κ3) is 7.70. The predicted octanol–water partition coefficient (Wildman–Crippen LogP) is -2.63. The number of H-pyrrole nitrogens is 1. The van der Waals surface area contributed by atoms with Gasteiger partial charge in [0.25, 0.3) is 0 Å². The molecule has 2 aromatic rings. The van der Waals surface area contributed by atoms with Crippen molar-refractivity contribution in [1.29, 1.82) is 0 Å². The molecule has 0 saturated heterocycles. The maximum atomic E-state index is 12.6. The molecule has 0 aliphatic carbocycles. The Morgan fingerprint density at radius 1 is 0.971 bits per heavy atom. The van der Waals surface area contributed by atoms with Gasteiger partial charge in [-0.1, -0.05) is 18.2 Å². The molecule has 1 heterocycles. The quantitative estimate of drug-likeness (QED) is 0.130. The highest BCUT2D eigenvalue weighted by molar-refractivity contribution is 7.80. The molecule has 35 heavy (non-hydrogen) atoms. The van der Waals surface area contributed by atoms with Crippen molar-refractivity contribution in [2.45, 2.75) is 37.0 Å². The van der Waals surface area contributed by atoms with Gasteiger partial charge in [0.2, 0.25) is 23.6 Å². The van der Waals surface area contributed by atoms with Crippen LogP contribution in [-0.4, -0.2) is 81.3 Å². The number of carbonyl (C=O) groups excluding carboxylic acids is 4. The second-order valence-corrected chi connectivity index (χ2v) is 8.09. The first-order valence-corrected chi connectivity index (χ1v) is 11.1. The summed E-state index contributed by atoms with van der Waals surface area (Å²) < 4.78 is 0. The van der Waals surface area contributed by atoms with Crippen LogP contribution in [0, 0.1) is 0 Å². The van der Waals surface area contributed by atoms with Crippen LogP contribution in [0.4, 0.5) is 0 Å². The molecule has 2 rings (SSSR count). The molecule has 0 fully saturated rings. The molecule has 0 aliphatic heterocycles. The van der Waals surface area contributed by atoms with E-state index in [-0.39, 0.29) is 12.2 Å². The number of aliphatic carboxylic acids is 1. The van der Waals surface area contributed by atoms with Gasteiger partial charge in [-0.2, -0.15) is 12.6 Å². The zero-order valence-corrected chi connectivity index (χ0v) is 19.5. The highest BCUT2D eigenvalue weighted by atomic mass is 32.1. The topological polar surface area (TPSA) is 230 Å². The number of aromatic amines is 1. The third-order valence-corrected chi connectivity index (χ3v) is 5.47. The minimum absolute atomic E-state index is 0.0513. The number of carboxylic acid groups (broad SMARTS) is 1. The lowest BCUT2D eigenvalue weighted by molar-refractivity contribution is -0.142. The number of aliphatic hydroxyl groups excluding tert-OH is 1. The largest absolute Gasteiger partial charge is 0.480 e. The van der Waals surface area contributed by atoms with Crippen LogP contribution < -0.4 is 27.4 Å². The van der Waals surface area contributed by atoms with E-state index in [2.05, 4.69) is 33.6 Å². The first-order valence-electron chi connectivity index (χ1n) is 10.5. The first-order chi connectivity index (χ1) is 16.6. The number of fused-ring (bicyclic) bond motifs is 1. The van der Waals surface area contributed by atoms with Gasteiger partial charge in [0.15, 0.2) is 0 Å². The monoisotopic (exact) mass is 508 g/mol. The average Bonchev–Trinajstić information content (AvgIpc) is 3.22. The first kappa shape index (κ1) is 27.6. The van der Waals surface area contributed by atoms with Crippen LogP contribution in [0.25, 0.3) is 10.9 Å². The summed E-state index contributed by atoms with van der Waals surface area (Å²) in [5, 5.41) is 26.8. The van der Waals surface area contributed by atoms with Crippen molar-refractivity contribution in [2.75, 3.05) is 12.4 Å². The summed E-state index contributed by atoms with van der Waals surface area (Å²) in [6.07, 6.45) is 1.15. The van der Waals surface area contributed by atoms with Crippen molar-refractivity contribution in [2.24, 2.45) is 11.5 Å². The van der Waals surface area contributed by atoms with Crippen molar-refractivity contribution in [3.8, 4) is 0 Å². The molecule has 1 aromatic heterocycles. The summed E-state index contributed by atoms with van der Waals surface area (Å²) in [6, 6.07) is 1.84. The van der Waals surface area contributed by atoms with Gasteiger partial charge in [-0.05, 0) is 11.6 Å². The molecular weight excluding hydrogens is 480 g/mol. The van der Waals surface area contributed by atoms with Gasteiger partial charge in [0, 0.05) is 29.3 Å². The number of amides is 4. The molecule has 0 saturated carbocycles. The highest BCUT2D eigenvalue weighted by Crippen LogP contribution is 2.19. The number of hydrogen-bond donors (Lipinski definition) is 9. The fourth-order valence-electron chi connectivity index (χ4n) is 3.24. The van der Waals surface area contributed by atoms with Gasteiger partial charge in [-0.3, -0.25) is 19.2 Å². The van der Waals surface area contributed by atoms with Crippen LogP contribution in [0.15, 0.2) is 30.5 Å². The van der Waals surface area contributed by atoms with Gasteiger partial charge < -0.3 is 42.6 Å². The lowest BCUT2D eigenvalue weighted by atomic mass is 10.0. The number of aliphatic hydroxyl groups is 1. The number of thiol groups is 1. The molecule has 1 aromatic carbocycles. The molecule has 0 spiro atoms. The van der Waals surface area contributed by atoms with Crippen molar-refractivity contribution in [3.63, 3.8) is 0 Å². The molecule has 10 N–H and O–H groups in total. The van der Waals surface area contributed by atoms with Gasteiger partial charge in [0.05, 0.1) is 19.1 Å². The van der Waals surface area contributed by atoms with Crippen LogP contribution in [0.2, 0.25) is 0 Å². The van der Waals surface area contributed by atoms with E-state index in [1.807, 2.05) is 12.1 Å². The Morgan fingerprint density at radius 2 is 1.57 bits per heavy atom. The number of hydrogen-bond acceptors (Lipinski definition) is 8. The standard InChI is InChI=1S/C21H28N6O7S/c22-12(6-17(23)29)18(30)27-16(9-35)20(32)26-15(8-28)19(31)25-14(21(33)34)5-10-7-24-13-4-2-1-3-11(10)13/h1-4,7,12,14-16,24,28,35H,5-6,8-9,22H2,(H2,23,29)(H,25,31)(H,26,32)(H,27,30)(H,33,34). The molecule has 14 heteroatoms. The van der Waals surface area contributed by atoms with E-state index in [4.69, 9.17) is 11.5 Å². The Bertz CT molecular complexity index is 1090. The lowest BCUT2D eigenvalue weighted by Crippen LogP contribution is -2.58. The van der Waals surface area contributed by atoms with Crippen LogP contribution in [-0.2, 0) is 30.4 Å². The Morgan fingerprint density at radius 3 is 2.17 bits per heavy atom. The summed E-state index contributed by atoms with van der Waals surface area (Å²) in [4.78, 5) is 62.9. The molecule has 13 nitrogen and oxygen atoms in total. The maximum Gasteiger partial charge on any atom is 0.326 e. The molecule has 4 atom stereocenters. The second kappa shape index (κ2) is 12.7. The van der Waals surface area contributed by atoms with E-state index in [0.717, 1.165) is 10.9 Å². The zero-order chi connectivity index (χ0) is 26.1. The number of para-hydroxylation sites is 1. The maximum absolute atomic E-state index is 12.6. The smallest absolute Gasteiger partial charge is 0.326 e. The van der Waals surface area contributed by atoms with Gasteiger partial charge in [0.1, 0.15) is 18.1 Å². The Labute approximate surface area is 205 Å². The van der Waals surface area contributed by atoms with Crippen molar-refractivity contribution < 1.29 is 34.2 Å². The zero-order valence-electron chi connectivity index (χ0n) is 18.6. The predicted molar refractivity (Wildman–Crippen MR) is 128 cm³/mol. The summed E-state index contributed by atoms with van der Waals surface area (Å²) >= 11 is 3.98. The fraction of sp³-hybridized carbons (Fsp3) is 0.381. The van der Waals surface area contributed by atoms with Gasteiger partial charge in [-0.15, -0.1) is 0 Å². The normalized spacial score (nSPS) is 14.4. The van der Waals surface area contributed by atoms with Crippen molar-refractivity contribution >= 4 is 53.1 Å². The average molecular weight is 509 g/mol. The van der Waals surface area contributed by atoms with Gasteiger partial charge in [-0.25, -0.2) is 4.79 Å². The van der Waals surface area contributed by atoms with Crippen molar-refractivity contribution in [3.05, 3.63) is 36.0 Å². The number of carbonyl (C=O) groups is 5. The molecule has 4 amide bonds. The number of aromatic nitrogens is 1. The number of nitrogens with one attached hydrogen (secondary N) is 4. The van der Waals surface area contributed by atoms with E-state index < -0.39 is 66.8 Å². The SMILES string of the molecule is NC(=O)CC(N)C(=O)NC(CS)C(=O)NC(CO)C(=O)NC(Cc1c[nH]c2ccccc12)C(=O)O. The van der Waals surface area contributed by atoms with Gasteiger partial charge >= 0.3 is 5.97 Å². The van der Waals surface area contributed by atoms with Crippen molar-refractivity contribution in [1.82, 2.24) is 20.9 Å². The molecular formula is C21H28N6O7S. The minimum atomic E-state index is -1.51. The lowest BCUT2D eigenvalue weighted by Gasteiger charge is -2.23. The van der Waals surface area contributed by atoms with Crippen LogP contribution in [0.1, 0.15) is 12.0 Å². The molecule has 0 radical (unpaired) electrons. The summed E-state index contributed by atoms with van der Waals surface area (Å²) in [5.41, 5.74) is 12.0. The molecule has 0 bridgehead atoms. The second-order valence-electron chi connectivity index (χ2n) is 7.73. The summed E-state index contributed by atoms with van der Waals surface area (Å²) in [7, 11) is 0. The number of primary amides is 1. The molecule has 190 valence electrons. The number of benzene rings is 1. The van der Waals surface area contributed by atoms with E-state index >= 15 is 0 Å². The van der Waals surface area contributed by atoms with E-state index in [1.165, 1.54) is 0 Å². The number of rotatable bonds is 13. The summed E-state index contributed by atoms with van der Waals surface area (Å²) in [5.74, 6) is -4.97. The third-order valence-electron chi connectivity index (χ3n) is 5.10. The number of nitrogens with two attached hydrogens (primary N) is 2. The van der Waals surface area contributed by atoms with E-state index in [9.17, 15) is 34.2 Å². The van der Waals surface area contributed by atoms with Crippen LogP contribution in [0.3, 0.4) is 0 Å².